The standard InChI is InChI=1S/C31H33N3O3/c1-20(18-28(32-3)22-13-15-23(35)16-14-22)19-30(37)33-17-7-12-29(36)34-27-11-6-10-26-25-9-5-4-8-24(25)21(2)31(26)27/h4-6,8-11,13-16,20,35H,2,7,12,17-19H2,1,3H3,(H,33,37)(H,34,36). The van der Waals surface area contributed by atoms with Crippen LogP contribution in [0.5, 0.6) is 5.75 Å². The maximum absolute atomic E-state index is 12.6. The summed E-state index contributed by atoms with van der Waals surface area (Å²) in [5, 5.41) is 15.4. The van der Waals surface area contributed by atoms with Gasteiger partial charge in [0.05, 0.1) is 0 Å². The van der Waals surface area contributed by atoms with E-state index in [1.165, 1.54) is 0 Å². The van der Waals surface area contributed by atoms with Gasteiger partial charge >= 0.3 is 0 Å². The molecular formula is C31H33N3O3. The maximum atomic E-state index is 12.6. The lowest BCUT2D eigenvalue weighted by atomic mass is 9.96. The molecule has 1 aliphatic carbocycles. The first-order valence-electron chi connectivity index (χ1n) is 12.6. The molecule has 4 rings (SSSR count). The molecule has 0 fully saturated rings. The molecule has 3 N–H and O–H groups in total. The number of benzene rings is 3. The van der Waals surface area contributed by atoms with Gasteiger partial charge in [-0.3, -0.25) is 14.6 Å². The van der Waals surface area contributed by atoms with Gasteiger partial charge in [-0.2, -0.15) is 0 Å². The van der Waals surface area contributed by atoms with Crippen molar-refractivity contribution in [1.82, 2.24) is 5.32 Å². The highest BCUT2D eigenvalue weighted by atomic mass is 16.3. The van der Waals surface area contributed by atoms with Crippen molar-refractivity contribution in [3.05, 3.63) is 90.0 Å². The highest BCUT2D eigenvalue weighted by Gasteiger charge is 2.24. The zero-order chi connectivity index (χ0) is 26.4. The van der Waals surface area contributed by atoms with Crippen molar-refractivity contribution in [2.75, 3.05) is 18.9 Å². The van der Waals surface area contributed by atoms with E-state index in [2.05, 4.69) is 40.4 Å². The third kappa shape index (κ3) is 6.15. The van der Waals surface area contributed by atoms with E-state index in [9.17, 15) is 14.7 Å². The molecule has 6 nitrogen and oxygen atoms in total. The molecule has 190 valence electrons. The smallest absolute Gasteiger partial charge is 0.224 e. The first kappa shape index (κ1) is 25.9. The van der Waals surface area contributed by atoms with Gasteiger partial charge in [-0.25, -0.2) is 0 Å². The molecule has 2 amide bonds. The molecule has 0 spiro atoms. The third-order valence-corrected chi connectivity index (χ3v) is 6.63. The molecule has 0 aliphatic heterocycles. The second-order valence-electron chi connectivity index (χ2n) is 9.48. The second-order valence-corrected chi connectivity index (χ2v) is 9.48. The SMILES string of the molecule is C=C1c2ccccc2-c2cccc(NC(=O)CCCNC(=O)CC(C)CC(=NC)c3ccc(O)cc3)c21. The van der Waals surface area contributed by atoms with Crippen molar-refractivity contribution in [2.45, 2.75) is 32.6 Å². The summed E-state index contributed by atoms with van der Waals surface area (Å²) >= 11 is 0. The quantitative estimate of drug-likeness (QED) is 0.192. The van der Waals surface area contributed by atoms with Crippen molar-refractivity contribution >= 4 is 28.8 Å². The molecule has 3 aromatic rings. The lowest BCUT2D eigenvalue weighted by molar-refractivity contribution is -0.122. The summed E-state index contributed by atoms with van der Waals surface area (Å²) in [4.78, 5) is 29.4. The fraction of sp³-hybridized carbons (Fsp3) is 0.258. The van der Waals surface area contributed by atoms with Crippen LogP contribution >= 0.6 is 0 Å². The second kappa shape index (κ2) is 11.7. The van der Waals surface area contributed by atoms with E-state index in [1.807, 2.05) is 43.3 Å². The number of aliphatic imine (C=N–C) groups is 1. The van der Waals surface area contributed by atoms with Crippen molar-refractivity contribution in [2.24, 2.45) is 10.9 Å². The summed E-state index contributed by atoms with van der Waals surface area (Å²) in [6.45, 7) is 6.71. The van der Waals surface area contributed by atoms with Gasteiger partial charge in [-0.05, 0) is 76.9 Å². The van der Waals surface area contributed by atoms with Crippen molar-refractivity contribution in [3.63, 3.8) is 0 Å². The topological polar surface area (TPSA) is 90.8 Å². The molecule has 0 radical (unpaired) electrons. The minimum Gasteiger partial charge on any atom is -0.508 e. The Kier molecular flexibility index (Phi) is 8.18. The molecule has 6 heteroatoms. The Balaban J connectivity index is 1.21. The average Bonchev–Trinajstić information content (AvgIpc) is 3.19. The predicted molar refractivity (Wildman–Crippen MR) is 150 cm³/mol. The van der Waals surface area contributed by atoms with Crippen LogP contribution in [0, 0.1) is 5.92 Å². The van der Waals surface area contributed by atoms with E-state index in [-0.39, 0.29) is 23.5 Å². The van der Waals surface area contributed by atoms with Crippen LogP contribution in [0.25, 0.3) is 16.7 Å². The first-order chi connectivity index (χ1) is 17.9. The van der Waals surface area contributed by atoms with Gasteiger partial charge in [0.2, 0.25) is 11.8 Å². The van der Waals surface area contributed by atoms with Gasteiger partial charge in [0.15, 0.2) is 0 Å². The summed E-state index contributed by atoms with van der Waals surface area (Å²) in [7, 11) is 1.73. The number of phenolic OH excluding ortho intramolecular Hbond substituents is 1. The maximum Gasteiger partial charge on any atom is 0.224 e. The van der Waals surface area contributed by atoms with Gasteiger partial charge < -0.3 is 15.7 Å². The minimum absolute atomic E-state index is 0.0380. The van der Waals surface area contributed by atoms with Gasteiger partial charge in [0.1, 0.15) is 5.75 Å². The fourth-order valence-corrected chi connectivity index (χ4v) is 4.79. The summed E-state index contributed by atoms with van der Waals surface area (Å²) in [6.07, 6.45) is 1.90. The predicted octanol–water partition coefficient (Wildman–Crippen LogP) is 5.80. The Morgan fingerprint density at radius 3 is 2.35 bits per heavy atom. The monoisotopic (exact) mass is 495 g/mol. The molecular weight excluding hydrogens is 462 g/mol. The van der Waals surface area contributed by atoms with Gasteiger partial charge in [-0.15, -0.1) is 0 Å². The molecule has 0 aromatic heterocycles. The van der Waals surface area contributed by atoms with Crippen LogP contribution in [-0.2, 0) is 9.59 Å². The van der Waals surface area contributed by atoms with Gasteiger partial charge in [0.25, 0.3) is 0 Å². The molecule has 0 heterocycles. The lowest BCUT2D eigenvalue weighted by Crippen LogP contribution is -2.27. The number of nitrogens with zero attached hydrogens (tertiary/aromatic N) is 1. The van der Waals surface area contributed by atoms with Crippen molar-refractivity contribution in [3.8, 4) is 16.9 Å². The lowest BCUT2D eigenvalue weighted by Gasteiger charge is -2.14. The molecule has 0 saturated carbocycles. The number of fused-ring (bicyclic) bond motifs is 3. The van der Waals surface area contributed by atoms with E-state index in [0.29, 0.717) is 32.2 Å². The van der Waals surface area contributed by atoms with Crippen LogP contribution in [0.1, 0.15) is 49.3 Å². The highest BCUT2D eigenvalue weighted by molar-refractivity contribution is 6.07. The summed E-state index contributed by atoms with van der Waals surface area (Å²) in [6, 6.07) is 21.0. The number of hydrogen-bond donors (Lipinski definition) is 3. The van der Waals surface area contributed by atoms with E-state index in [4.69, 9.17) is 0 Å². The number of rotatable bonds is 10. The van der Waals surface area contributed by atoms with Crippen LogP contribution in [0.2, 0.25) is 0 Å². The Hall–Kier alpha value is -4.19. The number of amides is 2. The molecule has 3 aromatic carbocycles. The van der Waals surface area contributed by atoms with E-state index < -0.39 is 0 Å². The van der Waals surface area contributed by atoms with Crippen molar-refractivity contribution < 1.29 is 14.7 Å². The number of nitrogens with one attached hydrogen (secondary N) is 2. The fourth-order valence-electron chi connectivity index (χ4n) is 4.79. The zero-order valence-corrected chi connectivity index (χ0v) is 21.4. The number of phenols is 1. The molecule has 1 atom stereocenters. The third-order valence-electron chi connectivity index (χ3n) is 6.63. The summed E-state index contributed by atoms with van der Waals surface area (Å²) < 4.78 is 0. The summed E-state index contributed by atoms with van der Waals surface area (Å²) in [5.74, 6) is 0.193. The van der Waals surface area contributed by atoms with Crippen LogP contribution in [0.15, 0.2) is 78.3 Å². The zero-order valence-electron chi connectivity index (χ0n) is 21.4. The van der Waals surface area contributed by atoms with Crippen LogP contribution < -0.4 is 10.6 Å². The Morgan fingerprint density at radius 1 is 0.919 bits per heavy atom. The largest absolute Gasteiger partial charge is 0.508 e. The van der Waals surface area contributed by atoms with Crippen LogP contribution in [0.3, 0.4) is 0 Å². The molecule has 0 bridgehead atoms. The van der Waals surface area contributed by atoms with Gasteiger partial charge in [-0.1, -0.05) is 49.9 Å². The van der Waals surface area contributed by atoms with E-state index in [1.54, 1.807) is 19.2 Å². The normalized spacial score (nSPS) is 13.0. The molecule has 1 unspecified atom stereocenters. The van der Waals surface area contributed by atoms with Crippen molar-refractivity contribution in [1.29, 1.82) is 0 Å². The molecule has 0 saturated heterocycles. The van der Waals surface area contributed by atoms with E-state index in [0.717, 1.165) is 44.8 Å². The minimum atomic E-state index is -0.0857. The summed E-state index contributed by atoms with van der Waals surface area (Å²) in [5.41, 5.74) is 7.81. The first-order valence-corrected chi connectivity index (χ1v) is 12.6. The van der Waals surface area contributed by atoms with Gasteiger partial charge in [0, 0.05) is 43.4 Å². The number of hydrogen-bond acceptors (Lipinski definition) is 4. The Bertz CT molecular complexity index is 1340. The Morgan fingerprint density at radius 2 is 1.62 bits per heavy atom. The average molecular weight is 496 g/mol. The number of anilines is 1. The highest BCUT2D eigenvalue weighted by Crippen LogP contribution is 2.46. The number of carbonyl (C=O) groups excluding carboxylic acids is 2. The number of carbonyl (C=O) groups is 2. The van der Waals surface area contributed by atoms with Crippen LogP contribution in [-0.4, -0.2) is 36.2 Å². The van der Waals surface area contributed by atoms with Crippen LogP contribution in [0.4, 0.5) is 5.69 Å². The molecule has 37 heavy (non-hydrogen) atoms. The van der Waals surface area contributed by atoms with E-state index >= 15 is 0 Å². The number of aromatic hydroxyl groups is 1. The molecule has 1 aliphatic rings. The Labute approximate surface area is 218 Å².